The summed E-state index contributed by atoms with van der Waals surface area (Å²) in [5.74, 6) is 0.475. The number of nitrogens with two attached hydrogens (primary N) is 1. The van der Waals surface area contributed by atoms with E-state index in [-0.39, 0.29) is 0 Å². The quantitative estimate of drug-likeness (QED) is 0.733. The number of anilines is 1. The molecule has 21 heavy (non-hydrogen) atoms. The molecule has 1 heterocycles. The monoisotopic (exact) mass is 319 g/mol. The summed E-state index contributed by atoms with van der Waals surface area (Å²) in [5.41, 5.74) is 8.89. The van der Waals surface area contributed by atoms with Gasteiger partial charge >= 0.3 is 0 Å². The number of hydrogen-bond acceptors (Lipinski definition) is 4. The summed E-state index contributed by atoms with van der Waals surface area (Å²) < 4.78 is 1.58. The van der Waals surface area contributed by atoms with E-state index in [1.807, 2.05) is 19.1 Å². The van der Waals surface area contributed by atoms with Crippen LogP contribution in [-0.4, -0.2) is 20.2 Å². The standard InChI is InChI=1S/C14H11Cl2N5/c1-8-5-6-9(15)7-12(8)21-14(18-19-20-21)13-10(16)3-2-4-11(13)17/h2-7H,17H2,1H3. The number of hydrogen-bond donors (Lipinski definition) is 1. The molecule has 0 saturated heterocycles. The van der Waals surface area contributed by atoms with E-state index >= 15 is 0 Å². The molecular weight excluding hydrogens is 309 g/mol. The van der Waals surface area contributed by atoms with E-state index in [1.54, 1.807) is 28.9 Å². The number of rotatable bonds is 2. The van der Waals surface area contributed by atoms with Crippen LogP contribution in [0, 0.1) is 6.92 Å². The summed E-state index contributed by atoms with van der Waals surface area (Å²) >= 11 is 12.3. The van der Waals surface area contributed by atoms with Gasteiger partial charge in [0.05, 0.1) is 16.3 Å². The molecule has 0 aliphatic heterocycles. The molecule has 0 spiro atoms. The van der Waals surface area contributed by atoms with Gasteiger partial charge in [0.1, 0.15) is 0 Å². The number of tetrazole rings is 1. The van der Waals surface area contributed by atoms with Crippen molar-refractivity contribution in [3.05, 3.63) is 52.0 Å². The molecule has 0 fully saturated rings. The first-order valence-corrected chi connectivity index (χ1v) is 6.93. The molecule has 3 aromatic rings. The zero-order valence-electron chi connectivity index (χ0n) is 11.1. The lowest BCUT2D eigenvalue weighted by Gasteiger charge is -2.10. The molecule has 0 bridgehead atoms. The predicted molar refractivity (Wildman–Crippen MR) is 83.8 cm³/mol. The van der Waals surface area contributed by atoms with Crippen LogP contribution in [0.5, 0.6) is 0 Å². The average molecular weight is 320 g/mol. The predicted octanol–water partition coefficient (Wildman–Crippen LogP) is 3.53. The van der Waals surface area contributed by atoms with Crippen LogP contribution in [0.3, 0.4) is 0 Å². The molecule has 1 aromatic heterocycles. The fourth-order valence-corrected chi connectivity index (χ4v) is 2.53. The Morgan fingerprint density at radius 1 is 1.14 bits per heavy atom. The molecule has 7 heteroatoms. The molecule has 0 unspecified atom stereocenters. The first-order valence-electron chi connectivity index (χ1n) is 6.17. The SMILES string of the molecule is Cc1ccc(Cl)cc1-n1nnnc1-c1c(N)cccc1Cl. The van der Waals surface area contributed by atoms with Gasteiger partial charge < -0.3 is 5.73 Å². The number of halogens is 2. The Bertz CT molecular complexity index is 793. The van der Waals surface area contributed by atoms with E-state index < -0.39 is 0 Å². The van der Waals surface area contributed by atoms with Gasteiger partial charge in [-0.3, -0.25) is 0 Å². The lowest BCUT2D eigenvalue weighted by Crippen LogP contribution is -2.04. The molecule has 5 nitrogen and oxygen atoms in total. The highest BCUT2D eigenvalue weighted by Crippen LogP contribution is 2.33. The molecule has 2 aromatic carbocycles. The highest BCUT2D eigenvalue weighted by atomic mass is 35.5. The highest BCUT2D eigenvalue weighted by molar-refractivity contribution is 6.33. The number of aryl methyl sites for hydroxylation is 1. The summed E-state index contributed by atoms with van der Waals surface area (Å²) in [4.78, 5) is 0. The Morgan fingerprint density at radius 3 is 2.71 bits per heavy atom. The Hall–Kier alpha value is -2.11. The van der Waals surface area contributed by atoms with E-state index in [0.29, 0.717) is 27.1 Å². The van der Waals surface area contributed by atoms with Gasteiger partial charge in [0.25, 0.3) is 0 Å². The van der Waals surface area contributed by atoms with Gasteiger partial charge in [-0.05, 0) is 47.2 Å². The molecule has 0 aliphatic rings. The molecule has 106 valence electrons. The summed E-state index contributed by atoms with van der Waals surface area (Å²) in [6.07, 6.45) is 0. The molecule has 0 aliphatic carbocycles. The zero-order chi connectivity index (χ0) is 15.0. The van der Waals surface area contributed by atoms with E-state index in [4.69, 9.17) is 28.9 Å². The second kappa shape index (κ2) is 5.35. The van der Waals surface area contributed by atoms with E-state index in [2.05, 4.69) is 15.5 Å². The largest absolute Gasteiger partial charge is 0.398 e. The summed E-state index contributed by atoms with van der Waals surface area (Å²) in [7, 11) is 0. The van der Waals surface area contributed by atoms with Crippen LogP contribution in [0.2, 0.25) is 10.0 Å². The van der Waals surface area contributed by atoms with Gasteiger partial charge in [0, 0.05) is 10.7 Å². The number of benzene rings is 2. The van der Waals surface area contributed by atoms with Gasteiger partial charge in [-0.15, -0.1) is 5.10 Å². The van der Waals surface area contributed by atoms with Crippen LogP contribution in [0.1, 0.15) is 5.56 Å². The normalized spacial score (nSPS) is 10.8. The third-order valence-electron chi connectivity index (χ3n) is 3.14. The Labute approximate surface area is 131 Å². The first kappa shape index (κ1) is 13.9. The van der Waals surface area contributed by atoms with Crippen molar-refractivity contribution >= 4 is 28.9 Å². The number of nitrogens with zero attached hydrogens (tertiary/aromatic N) is 4. The third kappa shape index (κ3) is 2.46. The lowest BCUT2D eigenvalue weighted by molar-refractivity contribution is 0.787. The van der Waals surface area contributed by atoms with E-state index in [9.17, 15) is 0 Å². The average Bonchev–Trinajstić information content (AvgIpc) is 2.90. The first-order chi connectivity index (χ1) is 10.1. The van der Waals surface area contributed by atoms with E-state index in [0.717, 1.165) is 11.3 Å². The van der Waals surface area contributed by atoms with Gasteiger partial charge in [-0.25, -0.2) is 0 Å². The second-order valence-electron chi connectivity index (χ2n) is 4.55. The van der Waals surface area contributed by atoms with Crippen molar-refractivity contribution in [2.45, 2.75) is 6.92 Å². The molecule has 3 rings (SSSR count). The minimum atomic E-state index is 0.475. The number of nitrogen functional groups attached to an aromatic ring is 1. The topological polar surface area (TPSA) is 69.6 Å². The summed E-state index contributed by atoms with van der Waals surface area (Å²) in [6, 6.07) is 10.8. The molecule has 0 saturated carbocycles. The zero-order valence-corrected chi connectivity index (χ0v) is 12.6. The van der Waals surface area contributed by atoms with E-state index in [1.165, 1.54) is 0 Å². The minimum Gasteiger partial charge on any atom is -0.398 e. The molecule has 0 amide bonds. The smallest absolute Gasteiger partial charge is 0.190 e. The summed E-state index contributed by atoms with van der Waals surface area (Å²) in [6.45, 7) is 1.95. The van der Waals surface area contributed by atoms with Crippen LogP contribution < -0.4 is 5.73 Å². The molecular formula is C14H11Cl2N5. The lowest BCUT2D eigenvalue weighted by atomic mass is 10.1. The van der Waals surface area contributed by atoms with Crippen LogP contribution in [0.15, 0.2) is 36.4 Å². The maximum Gasteiger partial charge on any atom is 0.190 e. The molecule has 0 atom stereocenters. The van der Waals surface area contributed by atoms with Gasteiger partial charge in [0.15, 0.2) is 5.82 Å². The Kier molecular flexibility index (Phi) is 3.53. The maximum atomic E-state index is 6.24. The van der Waals surface area contributed by atoms with Crippen molar-refractivity contribution in [1.29, 1.82) is 0 Å². The third-order valence-corrected chi connectivity index (χ3v) is 3.69. The Balaban J connectivity index is 2.25. The minimum absolute atomic E-state index is 0.475. The van der Waals surface area contributed by atoms with Gasteiger partial charge in [-0.1, -0.05) is 35.3 Å². The van der Waals surface area contributed by atoms with Crippen LogP contribution in [0.25, 0.3) is 17.1 Å². The van der Waals surface area contributed by atoms with Crippen molar-refractivity contribution in [3.63, 3.8) is 0 Å². The van der Waals surface area contributed by atoms with Crippen LogP contribution in [-0.2, 0) is 0 Å². The Morgan fingerprint density at radius 2 is 1.95 bits per heavy atom. The highest BCUT2D eigenvalue weighted by Gasteiger charge is 2.17. The second-order valence-corrected chi connectivity index (χ2v) is 5.39. The fraction of sp³-hybridized carbons (Fsp3) is 0.0714. The molecule has 2 N–H and O–H groups in total. The van der Waals surface area contributed by atoms with Gasteiger partial charge in [0.2, 0.25) is 0 Å². The van der Waals surface area contributed by atoms with Crippen molar-refractivity contribution in [1.82, 2.24) is 20.2 Å². The van der Waals surface area contributed by atoms with Crippen molar-refractivity contribution < 1.29 is 0 Å². The van der Waals surface area contributed by atoms with Gasteiger partial charge in [-0.2, -0.15) is 4.68 Å². The van der Waals surface area contributed by atoms with Crippen LogP contribution >= 0.6 is 23.2 Å². The van der Waals surface area contributed by atoms with Crippen molar-refractivity contribution in [2.75, 3.05) is 5.73 Å². The summed E-state index contributed by atoms with van der Waals surface area (Å²) in [5, 5.41) is 12.9. The maximum absolute atomic E-state index is 6.24. The fourth-order valence-electron chi connectivity index (χ4n) is 2.09. The molecule has 0 radical (unpaired) electrons. The van der Waals surface area contributed by atoms with Crippen molar-refractivity contribution in [3.8, 4) is 17.1 Å². The number of aromatic nitrogens is 4. The van der Waals surface area contributed by atoms with Crippen LogP contribution in [0.4, 0.5) is 5.69 Å². The van der Waals surface area contributed by atoms with Crippen molar-refractivity contribution in [2.24, 2.45) is 0 Å².